The molecule has 0 spiro atoms. The van der Waals surface area contributed by atoms with E-state index < -0.39 is 0 Å². The number of ether oxygens (including phenoxy) is 1. The van der Waals surface area contributed by atoms with Gasteiger partial charge in [0.2, 0.25) is 5.91 Å². The zero-order valence-electron chi connectivity index (χ0n) is 15.0. The van der Waals surface area contributed by atoms with Crippen molar-refractivity contribution in [1.82, 2.24) is 0 Å². The molecule has 1 saturated heterocycles. The van der Waals surface area contributed by atoms with E-state index in [4.69, 9.17) is 4.74 Å². The molecular weight excluding hydrogens is 328 g/mol. The van der Waals surface area contributed by atoms with E-state index >= 15 is 0 Å². The van der Waals surface area contributed by atoms with Crippen LogP contribution in [-0.2, 0) is 4.79 Å². The third kappa shape index (κ3) is 2.83. The average Bonchev–Trinajstić information content (AvgIpc) is 3.19. The number of carbonyl (C=O) groups is 2. The van der Waals surface area contributed by atoms with Crippen molar-refractivity contribution in [3.8, 4) is 5.75 Å². The first-order valence-electron chi connectivity index (χ1n) is 9.06. The fourth-order valence-corrected chi connectivity index (χ4v) is 3.61. The molecule has 5 nitrogen and oxygen atoms in total. The van der Waals surface area contributed by atoms with Gasteiger partial charge in [-0.1, -0.05) is 19.1 Å². The van der Waals surface area contributed by atoms with Crippen LogP contribution in [0.1, 0.15) is 48.5 Å². The molecule has 2 aromatic rings. The van der Waals surface area contributed by atoms with Gasteiger partial charge in [-0.05, 0) is 43.7 Å². The Bertz CT molecular complexity index is 860. The summed E-state index contributed by atoms with van der Waals surface area (Å²) < 4.78 is 5.90. The van der Waals surface area contributed by atoms with Gasteiger partial charge in [0, 0.05) is 35.8 Å². The minimum absolute atomic E-state index is 0.0660. The summed E-state index contributed by atoms with van der Waals surface area (Å²) in [5.41, 5.74) is 3.20. The third-order valence-electron chi connectivity index (χ3n) is 5.30. The van der Waals surface area contributed by atoms with Crippen molar-refractivity contribution < 1.29 is 14.3 Å². The Balaban J connectivity index is 1.52. The number of rotatable bonds is 3. The fourth-order valence-electron chi connectivity index (χ4n) is 3.61. The molecule has 2 heterocycles. The van der Waals surface area contributed by atoms with E-state index in [9.17, 15) is 9.59 Å². The lowest BCUT2D eigenvalue weighted by Gasteiger charge is -2.16. The molecular formula is C21H22N2O3. The number of hydrogen-bond donors (Lipinski definition) is 1. The van der Waals surface area contributed by atoms with Crippen molar-refractivity contribution in [3.63, 3.8) is 0 Å². The Morgan fingerprint density at radius 3 is 2.62 bits per heavy atom. The van der Waals surface area contributed by atoms with E-state index in [1.807, 2.05) is 43.3 Å². The topological polar surface area (TPSA) is 58.6 Å². The van der Waals surface area contributed by atoms with Gasteiger partial charge in [-0.25, -0.2) is 0 Å². The number of anilines is 2. The van der Waals surface area contributed by atoms with Crippen LogP contribution < -0.4 is 15.0 Å². The van der Waals surface area contributed by atoms with Crippen LogP contribution in [0.25, 0.3) is 0 Å². The number of para-hydroxylation sites is 1. The van der Waals surface area contributed by atoms with Crippen LogP contribution in [0.5, 0.6) is 5.75 Å². The molecule has 0 radical (unpaired) electrons. The van der Waals surface area contributed by atoms with Crippen molar-refractivity contribution in [3.05, 3.63) is 53.6 Å². The Labute approximate surface area is 153 Å². The van der Waals surface area contributed by atoms with Crippen LogP contribution >= 0.6 is 0 Å². The molecule has 2 aliphatic heterocycles. The maximum Gasteiger partial charge on any atom is 0.259 e. The molecule has 0 unspecified atom stereocenters. The lowest BCUT2D eigenvalue weighted by atomic mass is 9.97. The van der Waals surface area contributed by atoms with Crippen LogP contribution in [0.4, 0.5) is 11.4 Å². The van der Waals surface area contributed by atoms with Gasteiger partial charge in [0.1, 0.15) is 11.9 Å². The monoisotopic (exact) mass is 350 g/mol. The summed E-state index contributed by atoms with van der Waals surface area (Å²) in [6.07, 6.45) is 1.57. The summed E-state index contributed by atoms with van der Waals surface area (Å²) in [5, 5.41) is 2.92. The van der Waals surface area contributed by atoms with Crippen molar-refractivity contribution >= 4 is 23.2 Å². The summed E-state index contributed by atoms with van der Waals surface area (Å²) in [6.45, 7) is 4.88. The Kier molecular flexibility index (Phi) is 4.15. The number of hydrogen-bond acceptors (Lipinski definition) is 3. The van der Waals surface area contributed by atoms with Crippen LogP contribution in [0, 0.1) is 0 Å². The van der Waals surface area contributed by atoms with Gasteiger partial charge >= 0.3 is 0 Å². The highest BCUT2D eigenvalue weighted by Crippen LogP contribution is 2.40. The van der Waals surface area contributed by atoms with E-state index in [1.54, 1.807) is 11.0 Å². The number of carbonyl (C=O) groups excluding carboxylic acids is 2. The highest BCUT2D eigenvalue weighted by atomic mass is 16.5. The Hall–Kier alpha value is -2.82. The molecule has 2 atom stereocenters. The molecule has 2 aromatic carbocycles. The maximum atomic E-state index is 12.7. The number of amides is 2. The summed E-state index contributed by atoms with van der Waals surface area (Å²) in [6, 6.07) is 13.1. The molecule has 26 heavy (non-hydrogen) atoms. The van der Waals surface area contributed by atoms with Gasteiger partial charge in [0.05, 0.1) is 5.56 Å². The quantitative estimate of drug-likeness (QED) is 0.912. The molecule has 0 aliphatic carbocycles. The second-order valence-electron chi connectivity index (χ2n) is 6.99. The zero-order valence-corrected chi connectivity index (χ0v) is 15.0. The standard InChI is InChI=1S/C21H22N2O3/c1-13-14(2)26-20-17(13)5-3-6-18(20)21(25)22-15-8-10-16(11-9-15)23-12-4-7-19(23)24/h3,5-6,8-11,13-14H,4,7,12H2,1-2H3,(H,22,25)/t13-,14+/m1/s1. The average molecular weight is 350 g/mol. The van der Waals surface area contributed by atoms with Gasteiger partial charge in [-0.15, -0.1) is 0 Å². The molecule has 5 heteroatoms. The third-order valence-corrected chi connectivity index (χ3v) is 5.30. The number of nitrogens with one attached hydrogen (secondary N) is 1. The van der Waals surface area contributed by atoms with Gasteiger partial charge in [0.15, 0.2) is 0 Å². The van der Waals surface area contributed by atoms with Crippen molar-refractivity contribution in [2.75, 3.05) is 16.8 Å². The number of fused-ring (bicyclic) bond motifs is 1. The molecule has 4 rings (SSSR count). The van der Waals surface area contributed by atoms with Gasteiger partial charge < -0.3 is 15.0 Å². The highest BCUT2D eigenvalue weighted by Gasteiger charge is 2.31. The first-order valence-corrected chi connectivity index (χ1v) is 9.06. The normalized spacial score (nSPS) is 21.5. The Morgan fingerprint density at radius 1 is 1.15 bits per heavy atom. The Morgan fingerprint density at radius 2 is 1.92 bits per heavy atom. The SMILES string of the molecule is C[C@@H]1Oc2c(C(=O)Nc3ccc(N4CCCC4=O)cc3)cccc2[C@@H]1C. The molecule has 2 amide bonds. The molecule has 134 valence electrons. The van der Waals surface area contributed by atoms with Crippen LogP contribution in [0.15, 0.2) is 42.5 Å². The molecule has 0 saturated carbocycles. The van der Waals surface area contributed by atoms with Crippen LogP contribution in [0.2, 0.25) is 0 Å². The van der Waals surface area contributed by atoms with Crippen LogP contribution in [-0.4, -0.2) is 24.5 Å². The lowest BCUT2D eigenvalue weighted by Crippen LogP contribution is -2.23. The fraction of sp³-hybridized carbons (Fsp3) is 0.333. The van der Waals surface area contributed by atoms with E-state index in [0.29, 0.717) is 23.4 Å². The smallest absolute Gasteiger partial charge is 0.259 e. The van der Waals surface area contributed by atoms with Crippen molar-refractivity contribution in [2.45, 2.75) is 38.7 Å². The van der Waals surface area contributed by atoms with Gasteiger partial charge in [-0.2, -0.15) is 0 Å². The predicted octanol–water partition coefficient (Wildman–Crippen LogP) is 3.95. The van der Waals surface area contributed by atoms with E-state index in [2.05, 4.69) is 12.2 Å². The molecule has 0 bridgehead atoms. The largest absolute Gasteiger partial charge is 0.489 e. The maximum absolute atomic E-state index is 12.7. The molecule has 1 N–H and O–H groups in total. The second-order valence-corrected chi connectivity index (χ2v) is 6.99. The van der Waals surface area contributed by atoms with E-state index in [-0.39, 0.29) is 23.8 Å². The van der Waals surface area contributed by atoms with Crippen molar-refractivity contribution in [2.24, 2.45) is 0 Å². The first-order chi connectivity index (χ1) is 12.5. The summed E-state index contributed by atoms with van der Waals surface area (Å²) in [7, 11) is 0. The number of benzene rings is 2. The molecule has 1 fully saturated rings. The lowest BCUT2D eigenvalue weighted by molar-refractivity contribution is -0.117. The van der Waals surface area contributed by atoms with Crippen LogP contribution in [0.3, 0.4) is 0 Å². The van der Waals surface area contributed by atoms with Crippen molar-refractivity contribution in [1.29, 1.82) is 0 Å². The zero-order chi connectivity index (χ0) is 18.3. The molecule has 0 aromatic heterocycles. The minimum Gasteiger partial charge on any atom is -0.489 e. The molecule has 2 aliphatic rings. The summed E-state index contributed by atoms with van der Waals surface area (Å²) >= 11 is 0. The predicted molar refractivity (Wildman–Crippen MR) is 101 cm³/mol. The minimum atomic E-state index is -0.187. The summed E-state index contributed by atoms with van der Waals surface area (Å²) in [4.78, 5) is 26.3. The van der Waals surface area contributed by atoms with E-state index in [0.717, 1.165) is 24.2 Å². The van der Waals surface area contributed by atoms with Gasteiger partial charge in [0.25, 0.3) is 5.91 Å². The highest BCUT2D eigenvalue weighted by molar-refractivity contribution is 6.06. The summed E-state index contributed by atoms with van der Waals surface area (Å²) in [5.74, 6) is 0.925. The van der Waals surface area contributed by atoms with E-state index in [1.165, 1.54) is 0 Å². The van der Waals surface area contributed by atoms with Gasteiger partial charge in [-0.3, -0.25) is 9.59 Å². The number of nitrogens with zero attached hydrogens (tertiary/aromatic N) is 1. The first kappa shape index (κ1) is 16.6. The second kappa shape index (κ2) is 6.48.